The second-order valence-electron chi connectivity index (χ2n) is 4.10. The Morgan fingerprint density at radius 1 is 1.33 bits per heavy atom. The second kappa shape index (κ2) is 6.16. The van der Waals surface area contributed by atoms with E-state index < -0.39 is 0 Å². The molecule has 0 aliphatic rings. The molecule has 0 spiro atoms. The van der Waals surface area contributed by atoms with Gasteiger partial charge in [-0.25, -0.2) is 0 Å². The van der Waals surface area contributed by atoms with Gasteiger partial charge >= 0.3 is 0 Å². The molecular weight excluding hydrogens is 228 g/mol. The summed E-state index contributed by atoms with van der Waals surface area (Å²) in [6, 6.07) is 7.78. The van der Waals surface area contributed by atoms with Crippen molar-refractivity contribution < 1.29 is 4.79 Å². The molecule has 2 rings (SSSR count). The number of nitrogens with zero attached hydrogens (tertiary/aromatic N) is 1. The fraction of sp³-hybridized carbons (Fsp3) is 0.385. The Labute approximate surface area is 106 Å². The van der Waals surface area contributed by atoms with E-state index >= 15 is 0 Å². The van der Waals surface area contributed by atoms with Gasteiger partial charge in [0.1, 0.15) is 0 Å². The molecule has 0 fully saturated rings. The third-order valence-corrected chi connectivity index (χ3v) is 2.75. The Morgan fingerprint density at radius 2 is 2.17 bits per heavy atom. The molecule has 96 valence electrons. The molecule has 0 atom stereocenters. The summed E-state index contributed by atoms with van der Waals surface area (Å²) in [6.07, 6.45) is 0.340. The fourth-order valence-electron chi connectivity index (χ4n) is 1.84. The number of nitrogens with one attached hydrogen (secondary N) is 3. The van der Waals surface area contributed by atoms with Crippen molar-refractivity contribution in [2.45, 2.75) is 13.3 Å². The molecule has 2 aromatic rings. The maximum Gasteiger partial charge on any atom is 0.226 e. The molecule has 1 heterocycles. The van der Waals surface area contributed by atoms with Crippen molar-refractivity contribution in [3.8, 4) is 0 Å². The van der Waals surface area contributed by atoms with Crippen LogP contribution in [0.1, 0.15) is 12.6 Å². The summed E-state index contributed by atoms with van der Waals surface area (Å²) in [7, 11) is 0. The number of hydrogen-bond donors (Lipinski definition) is 3. The fourth-order valence-corrected chi connectivity index (χ4v) is 1.84. The van der Waals surface area contributed by atoms with E-state index in [1.54, 1.807) is 0 Å². The third-order valence-electron chi connectivity index (χ3n) is 2.75. The first-order valence-corrected chi connectivity index (χ1v) is 6.20. The Morgan fingerprint density at radius 3 is 3.00 bits per heavy atom. The number of hydrogen-bond acceptors (Lipinski definition) is 3. The maximum atomic E-state index is 11.7. The Bertz CT molecular complexity index is 520. The van der Waals surface area contributed by atoms with Crippen molar-refractivity contribution in [3.63, 3.8) is 0 Å². The SMILES string of the molecule is CCNCCNC(=O)Cc1[nH]nc2ccccc12. The quantitative estimate of drug-likeness (QED) is 0.661. The lowest BCUT2D eigenvalue weighted by Gasteiger charge is -2.04. The van der Waals surface area contributed by atoms with Crippen molar-refractivity contribution in [1.82, 2.24) is 20.8 Å². The van der Waals surface area contributed by atoms with Gasteiger partial charge in [-0.05, 0) is 12.6 Å². The average Bonchev–Trinajstić information content (AvgIpc) is 2.78. The van der Waals surface area contributed by atoms with E-state index in [-0.39, 0.29) is 5.91 Å². The van der Waals surface area contributed by atoms with Crippen molar-refractivity contribution in [2.75, 3.05) is 19.6 Å². The number of likely N-dealkylation sites (N-methyl/N-ethyl adjacent to an activating group) is 1. The largest absolute Gasteiger partial charge is 0.354 e. The smallest absolute Gasteiger partial charge is 0.226 e. The summed E-state index contributed by atoms with van der Waals surface area (Å²) in [6.45, 7) is 4.41. The molecule has 0 aliphatic heterocycles. The van der Waals surface area contributed by atoms with E-state index in [1.807, 2.05) is 31.2 Å². The van der Waals surface area contributed by atoms with Crippen LogP contribution in [0.3, 0.4) is 0 Å². The normalized spacial score (nSPS) is 10.7. The maximum absolute atomic E-state index is 11.7. The molecule has 3 N–H and O–H groups in total. The lowest BCUT2D eigenvalue weighted by Crippen LogP contribution is -2.32. The average molecular weight is 246 g/mol. The van der Waals surface area contributed by atoms with Gasteiger partial charge < -0.3 is 10.6 Å². The number of benzene rings is 1. The topological polar surface area (TPSA) is 69.8 Å². The summed E-state index contributed by atoms with van der Waals surface area (Å²) < 4.78 is 0. The van der Waals surface area contributed by atoms with Crippen LogP contribution in [-0.2, 0) is 11.2 Å². The minimum Gasteiger partial charge on any atom is -0.354 e. The summed E-state index contributed by atoms with van der Waals surface area (Å²) in [5.41, 5.74) is 1.76. The van der Waals surface area contributed by atoms with E-state index in [0.29, 0.717) is 13.0 Å². The molecular formula is C13H18N4O. The van der Waals surface area contributed by atoms with Crippen LogP contribution < -0.4 is 10.6 Å². The predicted molar refractivity (Wildman–Crippen MR) is 71.4 cm³/mol. The van der Waals surface area contributed by atoms with Crippen LogP contribution in [0.5, 0.6) is 0 Å². The number of para-hydroxylation sites is 1. The minimum absolute atomic E-state index is 0.0160. The van der Waals surface area contributed by atoms with Crippen molar-refractivity contribution >= 4 is 16.8 Å². The molecule has 1 aromatic heterocycles. The van der Waals surface area contributed by atoms with Crippen LogP contribution in [0.15, 0.2) is 24.3 Å². The van der Waals surface area contributed by atoms with Gasteiger partial charge in [0.05, 0.1) is 17.6 Å². The lowest BCUT2D eigenvalue weighted by molar-refractivity contribution is -0.120. The number of carbonyl (C=O) groups is 1. The van der Waals surface area contributed by atoms with Crippen LogP contribution in [0, 0.1) is 0 Å². The van der Waals surface area contributed by atoms with Crippen LogP contribution in [-0.4, -0.2) is 35.7 Å². The van der Waals surface area contributed by atoms with E-state index in [2.05, 4.69) is 20.8 Å². The standard InChI is InChI=1S/C13H18N4O/c1-2-14-7-8-15-13(18)9-12-10-5-3-4-6-11(10)16-17-12/h3-6,14H,2,7-9H2,1H3,(H,15,18)(H,16,17). The van der Waals surface area contributed by atoms with Crippen LogP contribution in [0.2, 0.25) is 0 Å². The van der Waals surface area contributed by atoms with Gasteiger partial charge in [0.25, 0.3) is 0 Å². The molecule has 0 unspecified atom stereocenters. The number of carbonyl (C=O) groups excluding carboxylic acids is 1. The Hall–Kier alpha value is -1.88. The summed E-state index contributed by atoms with van der Waals surface area (Å²) >= 11 is 0. The molecule has 0 radical (unpaired) electrons. The third kappa shape index (κ3) is 3.07. The van der Waals surface area contributed by atoms with E-state index in [1.165, 1.54) is 0 Å². The zero-order valence-electron chi connectivity index (χ0n) is 10.5. The number of H-pyrrole nitrogens is 1. The van der Waals surface area contributed by atoms with Gasteiger partial charge in [0.15, 0.2) is 0 Å². The monoisotopic (exact) mass is 246 g/mol. The van der Waals surface area contributed by atoms with Crippen molar-refractivity contribution in [2.24, 2.45) is 0 Å². The van der Waals surface area contributed by atoms with Gasteiger partial charge in [-0.3, -0.25) is 9.89 Å². The van der Waals surface area contributed by atoms with Crippen LogP contribution >= 0.6 is 0 Å². The molecule has 18 heavy (non-hydrogen) atoms. The van der Waals surface area contributed by atoms with E-state index in [9.17, 15) is 4.79 Å². The minimum atomic E-state index is 0.0160. The molecule has 5 heteroatoms. The van der Waals surface area contributed by atoms with E-state index in [0.717, 1.165) is 29.7 Å². The van der Waals surface area contributed by atoms with Crippen LogP contribution in [0.4, 0.5) is 0 Å². The highest BCUT2D eigenvalue weighted by atomic mass is 16.1. The Balaban J connectivity index is 1.91. The molecule has 0 saturated heterocycles. The van der Waals surface area contributed by atoms with Gasteiger partial charge in [-0.1, -0.05) is 25.1 Å². The number of rotatable bonds is 6. The van der Waals surface area contributed by atoms with Gasteiger partial charge in [0, 0.05) is 18.5 Å². The highest BCUT2D eigenvalue weighted by Gasteiger charge is 2.08. The van der Waals surface area contributed by atoms with Gasteiger partial charge in [-0.2, -0.15) is 5.10 Å². The molecule has 0 saturated carbocycles. The molecule has 0 aliphatic carbocycles. The summed E-state index contributed by atoms with van der Waals surface area (Å²) in [5, 5.41) is 14.1. The molecule has 5 nitrogen and oxygen atoms in total. The van der Waals surface area contributed by atoms with Gasteiger partial charge in [0.2, 0.25) is 5.91 Å². The summed E-state index contributed by atoms with van der Waals surface area (Å²) in [5.74, 6) is 0.0160. The second-order valence-corrected chi connectivity index (χ2v) is 4.10. The Kier molecular flexibility index (Phi) is 4.30. The summed E-state index contributed by atoms with van der Waals surface area (Å²) in [4.78, 5) is 11.7. The van der Waals surface area contributed by atoms with Crippen molar-refractivity contribution in [1.29, 1.82) is 0 Å². The number of amides is 1. The predicted octanol–water partition coefficient (Wildman–Crippen LogP) is 0.831. The highest BCUT2D eigenvalue weighted by molar-refractivity contribution is 5.87. The first-order chi connectivity index (χ1) is 8.81. The molecule has 1 amide bonds. The van der Waals surface area contributed by atoms with E-state index in [4.69, 9.17) is 0 Å². The lowest BCUT2D eigenvalue weighted by atomic mass is 10.1. The number of aromatic amines is 1. The molecule has 1 aromatic carbocycles. The zero-order chi connectivity index (χ0) is 12.8. The zero-order valence-corrected chi connectivity index (χ0v) is 10.5. The highest BCUT2D eigenvalue weighted by Crippen LogP contribution is 2.15. The first kappa shape index (κ1) is 12.6. The number of fused-ring (bicyclic) bond motifs is 1. The van der Waals surface area contributed by atoms with Gasteiger partial charge in [-0.15, -0.1) is 0 Å². The van der Waals surface area contributed by atoms with Crippen LogP contribution in [0.25, 0.3) is 10.9 Å². The number of aromatic nitrogens is 2. The molecule has 0 bridgehead atoms. The first-order valence-electron chi connectivity index (χ1n) is 6.20. The van der Waals surface area contributed by atoms with Crippen molar-refractivity contribution in [3.05, 3.63) is 30.0 Å².